The van der Waals surface area contributed by atoms with Gasteiger partial charge in [-0.05, 0) is 12.5 Å². The second-order valence-corrected chi connectivity index (χ2v) is 3.37. The molecular weight excluding hydrogens is 251 g/mol. The molecule has 0 aromatic carbocycles. The summed E-state index contributed by atoms with van der Waals surface area (Å²) in [6, 6.07) is 1.79. The van der Waals surface area contributed by atoms with Gasteiger partial charge in [0, 0.05) is 31.5 Å². The molecule has 1 aliphatic heterocycles. The Hall–Kier alpha value is -0.910. The highest BCUT2D eigenvalue weighted by molar-refractivity contribution is 5.90. The third-order valence-corrected chi connectivity index (χ3v) is 2.27. The summed E-state index contributed by atoms with van der Waals surface area (Å²) in [7, 11) is 0. The maximum atomic E-state index is 11.7. The first-order chi connectivity index (χ1) is 6.77. The number of halogens is 2. The predicted octanol–water partition coefficient (Wildman–Crippen LogP) is 0.493. The van der Waals surface area contributed by atoms with Crippen LogP contribution in [0.5, 0.6) is 0 Å². The lowest BCUT2D eigenvalue weighted by molar-refractivity contribution is 0.0778. The second-order valence-electron chi connectivity index (χ2n) is 3.37. The van der Waals surface area contributed by atoms with E-state index < -0.39 is 0 Å². The molecule has 2 rings (SSSR count). The van der Waals surface area contributed by atoms with Crippen LogP contribution in [0.25, 0.3) is 0 Å². The van der Waals surface area contributed by atoms with E-state index in [9.17, 15) is 4.79 Å². The fraction of sp³-hybridized carbons (Fsp3) is 0.444. The monoisotopic (exact) mass is 264 g/mol. The van der Waals surface area contributed by atoms with E-state index in [1.807, 2.05) is 0 Å². The van der Waals surface area contributed by atoms with Crippen molar-refractivity contribution in [2.75, 3.05) is 13.1 Å². The third-order valence-electron chi connectivity index (χ3n) is 2.27. The van der Waals surface area contributed by atoms with Gasteiger partial charge in [0.05, 0.1) is 0 Å². The fourth-order valence-electron chi connectivity index (χ4n) is 1.52. The fourth-order valence-corrected chi connectivity index (χ4v) is 1.52. The molecule has 0 radical (unpaired) electrons. The zero-order valence-corrected chi connectivity index (χ0v) is 10.2. The normalized spacial score (nSPS) is 18.6. The topological polar surface area (TPSA) is 72.1 Å². The van der Waals surface area contributed by atoms with Gasteiger partial charge in [-0.3, -0.25) is 4.79 Å². The molecule has 16 heavy (non-hydrogen) atoms. The number of amides is 1. The Kier molecular flexibility index (Phi) is 6.25. The molecular formula is C9H14Cl2N4O. The van der Waals surface area contributed by atoms with Gasteiger partial charge in [0.25, 0.3) is 5.91 Å². The van der Waals surface area contributed by atoms with Gasteiger partial charge in [-0.15, -0.1) is 24.8 Å². The molecule has 1 aromatic heterocycles. The minimum Gasteiger partial charge on any atom is -0.334 e. The van der Waals surface area contributed by atoms with Crippen LogP contribution in [0.3, 0.4) is 0 Å². The van der Waals surface area contributed by atoms with Crippen molar-refractivity contribution in [1.82, 2.24) is 14.9 Å². The highest BCUT2D eigenvalue weighted by Crippen LogP contribution is 2.09. The number of carbonyl (C=O) groups excluding carboxylic acids is 1. The lowest BCUT2D eigenvalue weighted by Crippen LogP contribution is -2.32. The molecule has 1 aliphatic rings. The molecule has 0 bridgehead atoms. The van der Waals surface area contributed by atoms with Crippen LogP contribution in [-0.2, 0) is 0 Å². The van der Waals surface area contributed by atoms with Gasteiger partial charge in [0.2, 0.25) is 5.82 Å². The zero-order valence-electron chi connectivity index (χ0n) is 8.57. The average molecular weight is 265 g/mol. The Morgan fingerprint density at radius 1 is 1.38 bits per heavy atom. The van der Waals surface area contributed by atoms with Crippen LogP contribution < -0.4 is 5.73 Å². The molecule has 0 saturated carbocycles. The lowest BCUT2D eigenvalue weighted by Gasteiger charge is -2.13. The number of nitrogens with two attached hydrogens (primary N) is 1. The maximum Gasteiger partial charge on any atom is 0.291 e. The molecule has 90 valence electrons. The first-order valence-electron chi connectivity index (χ1n) is 4.59. The van der Waals surface area contributed by atoms with Crippen molar-refractivity contribution in [2.45, 2.75) is 12.5 Å². The Labute approximate surface area is 106 Å². The molecule has 1 amide bonds. The highest BCUT2D eigenvalue weighted by Gasteiger charge is 2.25. The smallest absolute Gasteiger partial charge is 0.291 e. The molecule has 7 heteroatoms. The van der Waals surface area contributed by atoms with Crippen molar-refractivity contribution < 1.29 is 4.79 Å². The first kappa shape index (κ1) is 15.1. The van der Waals surface area contributed by atoms with Crippen molar-refractivity contribution in [3.05, 3.63) is 24.3 Å². The van der Waals surface area contributed by atoms with E-state index in [1.54, 1.807) is 23.4 Å². The van der Waals surface area contributed by atoms with E-state index in [4.69, 9.17) is 5.73 Å². The van der Waals surface area contributed by atoms with Crippen molar-refractivity contribution in [1.29, 1.82) is 0 Å². The SMILES string of the molecule is Cl.Cl.N[C@@H]1CCN(C(=O)c2ncccn2)C1. The van der Waals surface area contributed by atoms with Crippen molar-refractivity contribution in [3.8, 4) is 0 Å². The minimum absolute atomic E-state index is 0. The van der Waals surface area contributed by atoms with Gasteiger partial charge in [-0.1, -0.05) is 0 Å². The summed E-state index contributed by atoms with van der Waals surface area (Å²) in [4.78, 5) is 21.2. The van der Waals surface area contributed by atoms with Crippen LogP contribution >= 0.6 is 24.8 Å². The zero-order chi connectivity index (χ0) is 9.97. The van der Waals surface area contributed by atoms with Crippen molar-refractivity contribution in [2.24, 2.45) is 5.73 Å². The second kappa shape index (κ2) is 6.62. The largest absolute Gasteiger partial charge is 0.334 e. The summed E-state index contributed by atoms with van der Waals surface area (Å²) < 4.78 is 0. The van der Waals surface area contributed by atoms with Gasteiger partial charge < -0.3 is 10.6 Å². The summed E-state index contributed by atoms with van der Waals surface area (Å²) in [5.74, 6) is 0.125. The number of carbonyl (C=O) groups is 1. The predicted molar refractivity (Wildman–Crippen MR) is 65.0 cm³/mol. The number of hydrogen-bond acceptors (Lipinski definition) is 4. The summed E-state index contributed by atoms with van der Waals surface area (Å²) in [5.41, 5.74) is 5.71. The summed E-state index contributed by atoms with van der Waals surface area (Å²) in [6.07, 6.45) is 3.99. The standard InChI is InChI=1S/C9H12N4O.2ClH/c10-7-2-5-13(6-7)9(14)8-11-3-1-4-12-8;;/h1,3-4,7H,2,5-6,10H2;2*1H/t7-;;/m1../s1. The molecule has 0 aliphatic carbocycles. The molecule has 0 unspecified atom stereocenters. The van der Waals surface area contributed by atoms with E-state index in [0.29, 0.717) is 13.1 Å². The average Bonchev–Trinajstić information content (AvgIpc) is 2.65. The quantitative estimate of drug-likeness (QED) is 0.802. The molecule has 0 spiro atoms. The van der Waals surface area contributed by atoms with Gasteiger partial charge in [0.1, 0.15) is 0 Å². The van der Waals surface area contributed by atoms with Crippen LogP contribution in [0.1, 0.15) is 17.0 Å². The summed E-state index contributed by atoms with van der Waals surface area (Å²) in [6.45, 7) is 1.31. The van der Waals surface area contributed by atoms with E-state index >= 15 is 0 Å². The molecule has 1 fully saturated rings. The van der Waals surface area contributed by atoms with E-state index in [1.165, 1.54) is 0 Å². The molecule has 1 aromatic rings. The lowest BCUT2D eigenvalue weighted by atomic mass is 10.3. The molecule has 5 nitrogen and oxygen atoms in total. The summed E-state index contributed by atoms with van der Waals surface area (Å²) in [5, 5.41) is 0. The van der Waals surface area contributed by atoms with Gasteiger partial charge >= 0.3 is 0 Å². The number of hydrogen-bond donors (Lipinski definition) is 1. The van der Waals surface area contributed by atoms with Gasteiger partial charge in [0.15, 0.2) is 0 Å². The van der Waals surface area contributed by atoms with Crippen LogP contribution in [0.2, 0.25) is 0 Å². The van der Waals surface area contributed by atoms with Crippen molar-refractivity contribution >= 4 is 30.7 Å². The highest BCUT2D eigenvalue weighted by atomic mass is 35.5. The van der Waals surface area contributed by atoms with Gasteiger partial charge in [-0.2, -0.15) is 0 Å². The van der Waals surface area contributed by atoms with Crippen LogP contribution in [0.4, 0.5) is 0 Å². The molecule has 2 heterocycles. The molecule has 1 atom stereocenters. The van der Waals surface area contributed by atoms with Crippen LogP contribution in [-0.4, -0.2) is 39.9 Å². The number of likely N-dealkylation sites (tertiary alicyclic amines) is 1. The Balaban J connectivity index is 0.00000112. The molecule has 1 saturated heterocycles. The van der Waals surface area contributed by atoms with E-state index in [2.05, 4.69) is 9.97 Å². The maximum absolute atomic E-state index is 11.7. The molecule has 2 N–H and O–H groups in total. The van der Waals surface area contributed by atoms with E-state index in [-0.39, 0.29) is 42.6 Å². The van der Waals surface area contributed by atoms with Crippen LogP contribution in [0, 0.1) is 0 Å². The Bertz CT molecular complexity index is 336. The number of nitrogens with zero attached hydrogens (tertiary/aromatic N) is 3. The summed E-state index contributed by atoms with van der Waals surface area (Å²) >= 11 is 0. The minimum atomic E-state index is -0.126. The van der Waals surface area contributed by atoms with E-state index in [0.717, 1.165) is 6.42 Å². The Morgan fingerprint density at radius 3 is 2.50 bits per heavy atom. The number of rotatable bonds is 1. The van der Waals surface area contributed by atoms with Gasteiger partial charge in [-0.25, -0.2) is 9.97 Å². The Morgan fingerprint density at radius 2 is 2.00 bits per heavy atom. The first-order valence-corrected chi connectivity index (χ1v) is 4.59. The van der Waals surface area contributed by atoms with Crippen molar-refractivity contribution in [3.63, 3.8) is 0 Å². The third kappa shape index (κ3) is 3.30. The number of aromatic nitrogens is 2. The van der Waals surface area contributed by atoms with Crippen LogP contribution in [0.15, 0.2) is 18.5 Å².